The van der Waals surface area contributed by atoms with Gasteiger partial charge in [0.15, 0.2) is 5.75 Å². The molecule has 1 aromatic carbocycles. The first kappa shape index (κ1) is 11.9. The summed E-state index contributed by atoms with van der Waals surface area (Å²) in [5.74, 6) is 1.74. The highest BCUT2D eigenvalue weighted by atomic mass is 32.2. The highest BCUT2D eigenvalue weighted by molar-refractivity contribution is 7.98. The molecule has 2 rings (SSSR count). The molecule has 0 unspecified atom stereocenters. The van der Waals surface area contributed by atoms with Crippen LogP contribution in [-0.2, 0) is 0 Å². The molecule has 17 heavy (non-hydrogen) atoms. The van der Waals surface area contributed by atoms with Crippen LogP contribution in [0.25, 0.3) is 5.69 Å². The summed E-state index contributed by atoms with van der Waals surface area (Å²) in [5.41, 5.74) is 1.07. The molecule has 2 aromatic rings. The van der Waals surface area contributed by atoms with Crippen molar-refractivity contribution >= 4 is 11.8 Å². The molecule has 0 spiro atoms. The topological polar surface area (TPSA) is 23.4 Å². The molecule has 0 saturated heterocycles. The van der Waals surface area contributed by atoms with Crippen molar-refractivity contribution in [2.75, 3.05) is 20.5 Å². The van der Waals surface area contributed by atoms with E-state index in [1.807, 2.05) is 42.8 Å². The van der Waals surface area contributed by atoms with Crippen LogP contribution >= 0.6 is 11.8 Å². The van der Waals surface area contributed by atoms with Gasteiger partial charge in [-0.1, -0.05) is 6.07 Å². The predicted molar refractivity (Wildman–Crippen MR) is 70.7 cm³/mol. The van der Waals surface area contributed by atoms with Gasteiger partial charge in [0.2, 0.25) is 0 Å². The summed E-state index contributed by atoms with van der Waals surface area (Å²) in [5, 5.41) is 1.08. The van der Waals surface area contributed by atoms with Gasteiger partial charge < -0.3 is 14.0 Å². The van der Waals surface area contributed by atoms with Crippen molar-refractivity contribution in [3.05, 3.63) is 36.5 Å². The molecule has 0 aliphatic heterocycles. The number of benzene rings is 1. The average molecular weight is 249 g/mol. The molecule has 1 heterocycles. The Kier molecular flexibility index (Phi) is 3.64. The molecule has 0 bridgehead atoms. The van der Waals surface area contributed by atoms with E-state index in [9.17, 15) is 0 Å². The summed E-state index contributed by atoms with van der Waals surface area (Å²) in [6, 6.07) is 9.92. The van der Waals surface area contributed by atoms with Gasteiger partial charge in [-0.2, -0.15) is 0 Å². The summed E-state index contributed by atoms with van der Waals surface area (Å²) in [6.07, 6.45) is 4.04. The first-order chi connectivity index (χ1) is 8.30. The van der Waals surface area contributed by atoms with Crippen molar-refractivity contribution in [2.45, 2.75) is 5.03 Å². The molecule has 0 aliphatic carbocycles. The monoisotopic (exact) mass is 249 g/mol. The van der Waals surface area contributed by atoms with E-state index in [1.54, 1.807) is 26.0 Å². The van der Waals surface area contributed by atoms with Gasteiger partial charge in [-0.3, -0.25) is 0 Å². The fourth-order valence-corrected chi connectivity index (χ4v) is 2.43. The minimum absolute atomic E-state index is 0.849. The molecule has 3 nitrogen and oxygen atoms in total. The molecule has 1 aromatic heterocycles. The Morgan fingerprint density at radius 3 is 2.59 bits per heavy atom. The molecule has 0 saturated carbocycles. The van der Waals surface area contributed by atoms with E-state index in [0.717, 1.165) is 22.2 Å². The second-order valence-corrected chi connectivity index (χ2v) is 4.26. The fourth-order valence-electron chi connectivity index (χ4n) is 1.72. The van der Waals surface area contributed by atoms with Crippen LogP contribution in [0.15, 0.2) is 41.6 Å². The first-order valence-corrected chi connectivity index (χ1v) is 6.46. The third-order valence-electron chi connectivity index (χ3n) is 2.55. The quantitative estimate of drug-likeness (QED) is 0.777. The van der Waals surface area contributed by atoms with Crippen LogP contribution in [0.1, 0.15) is 0 Å². The van der Waals surface area contributed by atoms with Crippen LogP contribution in [0.2, 0.25) is 0 Å². The summed E-state index contributed by atoms with van der Waals surface area (Å²) in [7, 11) is 3.36. The lowest BCUT2D eigenvalue weighted by Crippen LogP contribution is -1.95. The Labute approximate surface area is 105 Å². The van der Waals surface area contributed by atoms with Crippen molar-refractivity contribution < 1.29 is 9.47 Å². The number of methoxy groups -OCH3 is 2. The molecule has 0 atom stereocenters. The lowest BCUT2D eigenvalue weighted by Gasteiger charge is -2.09. The van der Waals surface area contributed by atoms with Gasteiger partial charge in [-0.05, 0) is 24.5 Å². The number of nitrogens with zero attached hydrogens (tertiary/aromatic N) is 1. The zero-order valence-corrected chi connectivity index (χ0v) is 11.0. The van der Waals surface area contributed by atoms with Gasteiger partial charge >= 0.3 is 0 Å². The third-order valence-corrected chi connectivity index (χ3v) is 3.33. The summed E-state index contributed by atoms with van der Waals surface area (Å²) in [4.78, 5) is 0. The van der Waals surface area contributed by atoms with E-state index in [-0.39, 0.29) is 0 Å². The van der Waals surface area contributed by atoms with Crippen molar-refractivity contribution in [3.63, 3.8) is 0 Å². The number of hydrogen-bond acceptors (Lipinski definition) is 3. The maximum absolute atomic E-state index is 5.32. The Morgan fingerprint density at radius 1 is 1.12 bits per heavy atom. The molecule has 0 aliphatic rings. The zero-order chi connectivity index (χ0) is 12.3. The van der Waals surface area contributed by atoms with E-state index in [0.29, 0.717) is 0 Å². The van der Waals surface area contributed by atoms with Gasteiger partial charge in [0.25, 0.3) is 0 Å². The van der Waals surface area contributed by atoms with Crippen molar-refractivity contribution in [2.24, 2.45) is 0 Å². The number of rotatable bonds is 4. The van der Waals surface area contributed by atoms with Crippen molar-refractivity contribution in [1.82, 2.24) is 4.57 Å². The van der Waals surface area contributed by atoms with Crippen LogP contribution in [-0.4, -0.2) is 25.0 Å². The number of hydrogen-bond donors (Lipinski definition) is 0. The first-order valence-electron chi connectivity index (χ1n) is 5.24. The molecule has 0 amide bonds. The Bertz CT molecular complexity index is 508. The zero-order valence-electron chi connectivity index (χ0n) is 10.1. The molecule has 0 radical (unpaired) electrons. The van der Waals surface area contributed by atoms with Crippen LogP contribution in [0.4, 0.5) is 0 Å². The lowest BCUT2D eigenvalue weighted by molar-refractivity contribution is 0.403. The number of aromatic nitrogens is 1. The van der Waals surface area contributed by atoms with E-state index in [1.165, 1.54) is 0 Å². The lowest BCUT2D eigenvalue weighted by atomic mass is 10.3. The van der Waals surface area contributed by atoms with Crippen LogP contribution in [0.5, 0.6) is 11.5 Å². The Hall–Kier alpha value is -1.55. The molecular formula is C13H15NO2S. The van der Waals surface area contributed by atoms with Crippen LogP contribution in [0.3, 0.4) is 0 Å². The largest absolute Gasteiger partial charge is 0.497 e. The fraction of sp³-hybridized carbons (Fsp3) is 0.231. The highest BCUT2D eigenvalue weighted by Gasteiger charge is 2.10. The molecular weight excluding hydrogens is 234 g/mol. The predicted octanol–water partition coefficient (Wildman–Crippen LogP) is 3.22. The minimum Gasteiger partial charge on any atom is -0.497 e. The second kappa shape index (κ2) is 5.19. The van der Waals surface area contributed by atoms with Gasteiger partial charge in [0, 0.05) is 18.0 Å². The normalized spacial score (nSPS) is 10.3. The SMILES string of the molecule is COc1cccc(-n2ccc(OC)c2SC)c1. The molecule has 0 fully saturated rings. The molecule has 0 N–H and O–H groups in total. The van der Waals surface area contributed by atoms with Gasteiger partial charge in [0.05, 0.1) is 14.2 Å². The minimum atomic E-state index is 0.849. The summed E-state index contributed by atoms with van der Waals surface area (Å²) >= 11 is 1.66. The molecule has 90 valence electrons. The maximum Gasteiger partial charge on any atom is 0.150 e. The van der Waals surface area contributed by atoms with Crippen molar-refractivity contribution in [3.8, 4) is 17.2 Å². The van der Waals surface area contributed by atoms with E-state index in [2.05, 4.69) is 4.57 Å². The number of ether oxygens (including phenoxy) is 2. The van der Waals surface area contributed by atoms with Gasteiger partial charge in [0.1, 0.15) is 10.8 Å². The van der Waals surface area contributed by atoms with E-state index < -0.39 is 0 Å². The standard InChI is InChI=1S/C13H15NO2S/c1-15-11-6-4-5-10(9-11)14-8-7-12(16-2)13(14)17-3/h4-9H,1-3H3. The second-order valence-electron chi connectivity index (χ2n) is 3.46. The maximum atomic E-state index is 5.32. The van der Waals surface area contributed by atoms with Gasteiger partial charge in [-0.25, -0.2) is 0 Å². The van der Waals surface area contributed by atoms with E-state index >= 15 is 0 Å². The van der Waals surface area contributed by atoms with Crippen molar-refractivity contribution in [1.29, 1.82) is 0 Å². The summed E-state index contributed by atoms with van der Waals surface area (Å²) < 4.78 is 12.6. The molecule has 4 heteroatoms. The van der Waals surface area contributed by atoms with Gasteiger partial charge in [-0.15, -0.1) is 11.8 Å². The van der Waals surface area contributed by atoms with Crippen LogP contribution < -0.4 is 9.47 Å². The van der Waals surface area contributed by atoms with E-state index in [4.69, 9.17) is 9.47 Å². The Morgan fingerprint density at radius 2 is 1.94 bits per heavy atom. The van der Waals surface area contributed by atoms with Crippen LogP contribution in [0, 0.1) is 0 Å². The third kappa shape index (κ3) is 2.26. The summed E-state index contributed by atoms with van der Waals surface area (Å²) in [6.45, 7) is 0. The average Bonchev–Trinajstić information content (AvgIpc) is 2.81. The smallest absolute Gasteiger partial charge is 0.150 e. The Balaban J connectivity index is 2.48. The highest BCUT2D eigenvalue weighted by Crippen LogP contribution is 2.32. The number of thioether (sulfide) groups is 1.